The lowest BCUT2D eigenvalue weighted by molar-refractivity contribution is 0.00945. The smallest absolute Gasteiger partial charge is 0.0748 e. The SMILES string of the molecule is CCC1CCC(C(NN)C2CCC(C)O2)CC1. The average Bonchev–Trinajstić information content (AvgIpc) is 2.78. The summed E-state index contributed by atoms with van der Waals surface area (Å²) < 4.78 is 5.98. The van der Waals surface area contributed by atoms with Crippen LogP contribution in [0.5, 0.6) is 0 Å². The van der Waals surface area contributed by atoms with E-state index in [4.69, 9.17) is 10.6 Å². The van der Waals surface area contributed by atoms with Crippen LogP contribution in [0.25, 0.3) is 0 Å². The normalized spacial score (nSPS) is 40.4. The van der Waals surface area contributed by atoms with Crippen molar-refractivity contribution in [2.45, 2.75) is 77.0 Å². The van der Waals surface area contributed by atoms with Crippen LogP contribution in [-0.2, 0) is 4.74 Å². The fourth-order valence-corrected chi connectivity index (χ4v) is 3.60. The van der Waals surface area contributed by atoms with Crippen molar-refractivity contribution in [3.63, 3.8) is 0 Å². The predicted molar refractivity (Wildman–Crippen MR) is 70.4 cm³/mol. The van der Waals surface area contributed by atoms with Crippen molar-refractivity contribution in [3.05, 3.63) is 0 Å². The van der Waals surface area contributed by atoms with Crippen molar-refractivity contribution in [3.8, 4) is 0 Å². The summed E-state index contributed by atoms with van der Waals surface area (Å²) in [7, 11) is 0. The van der Waals surface area contributed by atoms with Gasteiger partial charge in [0, 0.05) is 0 Å². The van der Waals surface area contributed by atoms with E-state index in [-0.39, 0.29) is 0 Å². The molecule has 0 aromatic heterocycles. The van der Waals surface area contributed by atoms with Gasteiger partial charge in [-0.15, -0.1) is 0 Å². The molecule has 2 aliphatic rings. The molecule has 1 aliphatic carbocycles. The van der Waals surface area contributed by atoms with E-state index in [1.807, 2.05) is 0 Å². The maximum Gasteiger partial charge on any atom is 0.0748 e. The Morgan fingerprint density at radius 1 is 1.18 bits per heavy atom. The first kappa shape index (κ1) is 13.3. The summed E-state index contributed by atoms with van der Waals surface area (Å²) >= 11 is 0. The van der Waals surface area contributed by atoms with Crippen LogP contribution in [0.2, 0.25) is 0 Å². The fourth-order valence-electron chi connectivity index (χ4n) is 3.60. The molecule has 0 amide bonds. The summed E-state index contributed by atoms with van der Waals surface area (Å²) in [6, 6.07) is 0.373. The van der Waals surface area contributed by atoms with Crippen LogP contribution in [0, 0.1) is 11.8 Å². The Morgan fingerprint density at radius 3 is 2.35 bits per heavy atom. The Kier molecular flexibility index (Phi) is 4.83. The van der Waals surface area contributed by atoms with E-state index in [9.17, 15) is 0 Å². The molecule has 0 aromatic carbocycles. The van der Waals surface area contributed by atoms with Crippen molar-refractivity contribution in [2.24, 2.45) is 17.7 Å². The molecule has 1 heterocycles. The van der Waals surface area contributed by atoms with Crippen LogP contribution in [0.3, 0.4) is 0 Å². The van der Waals surface area contributed by atoms with Crippen LogP contribution in [0.1, 0.15) is 58.8 Å². The minimum atomic E-state index is 0.346. The second-order valence-corrected chi connectivity index (χ2v) is 5.94. The van der Waals surface area contributed by atoms with Crippen molar-refractivity contribution in [1.29, 1.82) is 0 Å². The van der Waals surface area contributed by atoms with Gasteiger partial charge in [0.25, 0.3) is 0 Å². The molecule has 0 spiro atoms. The van der Waals surface area contributed by atoms with E-state index in [0.29, 0.717) is 18.2 Å². The molecule has 100 valence electrons. The molecule has 2 fully saturated rings. The number of nitrogens with one attached hydrogen (secondary N) is 1. The molecule has 3 unspecified atom stereocenters. The van der Waals surface area contributed by atoms with Gasteiger partial charge in [-0.1, -0.05) is 26.2 Å². The maximum atomic E-state index is 5.98. The number of rotatable bonds is 4. The van der Waals surface area contributed by atoms with E-state index >= 15 is 0 Å². The largest absolute Gasteiger partial charge is 0.374 e. The monoisotopic (exact) mass is 240 g/mol. The highest BCUT2D eigenvalue weighted by Crippen LogP contribution is 2.35. The molecule has 3 atom stereocenters. The quantitative estimate of drug-likeness (QED) is 0.586. The molecule has 1 aliphatic heterocycles. The lowest BCUT2D eigenvalue weighted by atomic mass is 9.76. The Labute approximate surface area is 105 Å². The Hall–Kier alpha value is -0.120. The molecule has 2 rings (SSSR count). The van der Waals surface area contributed by atoms with Gasteiger partial charge in [0.05, 0.1) is 18.2 Å². The molecular weight excluding hydrogens is 212 g/mol. The minimum absolute atomic E-state index is 0.346. The highest BCUT2D eigenvalue weighted by molar-refractivity contribution is 4.89. The van der Waals surface area contributed by atoms with Gasteiger partial charge in [-0.25, -0.2) is 0 Å². The second-order valence-electron chi connectivity index (χ2n) is 5.94. The zero-order valence-electron chi connectivity index (χ0n) is 11.3. The van der Waals surface area contributed by atoms with Crippen LogP contribution in [0.4, 0.5) is 0 Å². The van der Waals surface area contributed by atoms with Crippen LogP contribution >= 0.6 is 0 Å². The zero-order valence-corrected chi connectivity index (χ0v) is 11.3. The lowest BCUT2D eigenvalue weighted by Gasteiger charge is -2.36. The Balaban J connectivity index is 1.86. The number of ether oxygens (including phenoxy) is 1. The summed E-state index contributed by atoms with van der Waals surface area (Å²) in [5, 5.41) is 0. The topological polar surface area (TPSA) is 47.3 Å². The van der Waals surface area contributed by atoms with Gasteiger partial charge in [-0.05, 0) is 44.4 Å². The summed E-state index contributed by atoms with van der Waals surface area (Å²) in [6.07, 6.45) is 9.86. The minimum Gasteiger partial charge on any atom is -0.374 e. The Bertz CT molecular complexity index is 226. The average molecular weight is 240 g/mol. The number of nitrogens with two attached hydrogens (primary N) is 1. The van der Waals surface area contributed by atoms with Gasteiger partial charge >= 0.3 is 0 Å². The van der Waals surface area contributed by atoms with Crippen molar-refractivity contribution in [2.75, 3.05) is 0 Å². The fraction of sp³-hybridized carbons (Fsp3) is 1.00. The molecule has 1 saturated carbocycles. The van der Waals surface area contributed by atoms with E-state index in [0.717, 1.165) is 11.8 Å². The molecule has 0 bridgehead atoms. The van der Waals surface area contributed by atoms with Gasteiger partial charge in [0.1, 0.15) is 0 Å². The molecule has 3 N–H and O–H groups in total. The second kappa shape index (κ2) is 6.17. The van der Waals surface area contributed by atoms with Gasteiger partial charge in [0.2, 0.25) is 0 Å². The molecule has 3 heteroatoms. The zero-order chi connectivity index (χ0) is 12.3. The highest BCUT2D eigenvalue weighted by Gasteiger charge is 2.35. The highest BCUT2D eigenvalue weighted by atomic mass is 16.5. The molecular formula is C14H28N2O. The van der Waals surface area contributed by atoms with Crippen LogP contribution in [0.15, 0.2) is 0 Å². The first-order valence-electron chi connectivity index (χ1n) is 7.36. The van der Waals surface area contributed by atoms with Gasteiger partial charge < -0.3 is 4.74 Å². The Morgan fingerprint density at radius 2 is 1.88 bits per heavy atom. The maximum absolute atomic E-state index is 5.98. The van der Waals surface area contributed by atoms with E-state index in [2.05, 4.69) is 19.3 Å². The van der Waals surface area contributed by atoms with Gasteiger partial charge in [0.15, 0.2) is 0 Å². The molecule has 3 nitrogen and oxygen atoms in total. The lowest BCUT2D eigenvalue weighted by Crippen LogP contribution is -2.49. The van der Waals surface area contributed by atoms with Crippen molar-refractivity contribution in [1.82, 2.24) is 5.43 Å². The number of hydrazine groups is 1. The third-order valence-corrected chi connectivity index (χ3v) is 4.83. The molecule has 0 aromatic rings. The third kappa shape index (κ3) is 3.21. The van der Waals surface area contributed by atoms with Gasteiger partial charge in [-0.3, -0.25) is 11.3 Å². The summed E-state index contributed by atoms with van der Waals surface area (Å²) in [4.78, 5) is 0. The summed E-state index contributed by atoms with van der Waals surface area (Å²) in [5.74, 6) is 7.44. The standard InChI is InChI=1S/C14H28N2O/c1-3-11-5-7-12(8-6-11)14(16-15)13-9-4-10(2)17-13/h10-14,16H,3-9,15H2,1-2H3. The summed E-state index contributed by atoms with van der Waals surface area (Å²) in [6.45, 7) is 4.48. The molecule has 1 saturated heterocycles. The van der Waals surface area contributed by atoms with E-state index < -0.39 is 0 Å². The molecule has 17 heavy (non-hydrogen) atoms. The number of hydrogen-bond donors (Lipinski definition) is 2. The van der Waals surface area contributed by atoms with E-state index in [1.165, 1.54) is 44.9 Å². The van der Waals surface area contributed by atoms with Crippen LogP contribution in [-0.4, -0.2) is 18.2 Å². The number of hydrogen-bond acceptors (Lipinski definition) is 3. The summed E-state index contributed by atoms with van der Waals surface area (Å²) in [5.41, 5.74) is 3.04. The third-order valence-electron chi connectivity index (χ3n) is 4.83. The van der Waals surface area contributed by atoms with Crippen molar-refractivity contribution < 1.29 is 4.74 Å². The van der Waals surface area contributed by atoms with Crippen molar-refractivity contribution >= 4 is 0 Å². The first-order valence-corrected chi connectivity index (χ1v) is 7.36. The van der Waals surface area contributed by atoms with Crippen LogP contribution < -0.4 is 11.3 Å². The van der Waals surface area contributed by atoms with E-state index in [1.54, 1.807) is 0 Å². The van der Waals surface area contributed by atoms with Gasteiger partial charge in [-0.2, -0.15) is 0 Å². The molecule has 0 radical (unpaired) electrons. The first-order chi connectivity index (χ1) is 8.24. The predicted octanol–water partition coefficient (Wildman–Crippen LogP) is 2.60.